The summed E-state index contributed by atoms with van der Waals surface area (Å²) < 4.78 is 15.5. The molecule has 146 valence electrons. The van der Waals surface area contributed by atoms with Gasteiger partial charge in [-0.3, -0.25) is 0 Å². The second kappa shape index (κ2) is 8.39. The Morgan fingerprint density at radius 3 is 2.56 bits per heavy atom. The average Bonchev–Trinajstić information content (AvgIpc) is 2.98. The molecule has 0 aliphatic rings. The molecule has 2 aromatic rings. The van der Waals surface area contributed by atoms with Crippen molar-refractivity contribution in [2.75, 3.05) is 7.11 Å². The summed E-state index contributed by atoms with van der Waals surface area (Å²) >= 11 is 6.10. The standard InChI is InChI=1S/C18H22ClN3O5/c1-10-21-22-15(26-10)13-7-6-12(19)8-11(13)9-14(16(23)25-5)20-17(24)27-18(2,3)4/h6-8,14H,9H2,1-5H3,(H,20,24)/t14-/m0/s1. The van der Waals surface area contributed by atoms with Gasteiger partial charge in [-0.25, -0.2) is 9.59 Å². The monoisotopic (exact) mass is 395 g/mol. The normalized spacial score (nSPS) is 12.4. The number of aryl methyl sites for hydroxylation is 1. The van der Waals surface area contributed by atoms with Crippen molar-refractivity contribution in [3.8, 4) is 11.5 Å². The molecule has 1 aromatic carbocycles. The number of ether oxygens (including phenoxy) is 2. The van der Waals surface area contributed by atoms with Gasteiger partial charge in [0.25, 0.3) is 0 Å². The number of carbonyl (C=O) groups is 2. The highest BCUT2D eigenvalue weighted by Gasteiger charge is 2.27. The zero-order valence-electron chi connectivity index (χ0n) is 15.8. The van der Waals surface area contributed by atoms with Crippen molar-refractivity contribution in [2.45, 2.75) is 45.8 Å². The quantitative estimate of drug-likeness (QED) is 0.774. The van der Waals surface area contributed by atoms with Gasteiger partial charge in [0.2, 0.25) is 11.8 Å². The lowest BCUT2D eigenvalue weighted by Crippen LogP contribution is -2.45. The number of esters is 1. The number of hydrogen-bond acceptors (Lipinski definition) is 7. The van der Waals surface area contributed by atoms with Gasteiger partial charge in [0.15, 0.2) is 0 Å². The molecule has 0 bridgehead atoms. The Bertz CT molecular complexity index is 829. The molecular formula is C18H22ClN3O5. The van der Waals surface area contributed by atoms with Crippen LogP contribution < -0.4 is 5.32 Å². The summed E-state index contributed by atoms with van der Waals surface area (Å²) in [5, 5.41) is 10.8. The third kappa shape index (κ3) is 5.96. The Kier molecular flexibility index (Phi) is 6.43. The molecule has 0 aliphatic heterocycles. The minimum absolute atomic E-state index is 0.100. The van der Waals surface area contributed by atoms with Gasteiger partial charge in [-0.05, 0) is 44.5 Å². The summed E-state index contributed by atoms with van der Waals surface area (Å²) in [7, 11) is 1.24. The van der Waals surface area contributed by atoms with Crippen molar-refractivity contribution in [3.05, 3.63) is 34.7 Å². The van der Waals surface area contributed by atoms with Gasteiger partial charge in [-0.1, -0.05) is 11.6 Å². The molecule has 0 spiro atoms. The molecule has 0 unspecified atom stereocenters. The van der Waals surface area contributed by atoms with Crippen LogP contribution >= 0.6 is 11.6 Å². The summed E-state index contributed by atoms with van der Waals surface area (Å²) in [4.78, 5) is 24.3. The molecule has 0 saturated heterocycles. The van der Waals surface area contributed by atoms with E-state index < -0.39 is 23.7 Å². The zero-order chi connectivity index (χ0) is 20.2. The largest absolute Gasteiger partial charge is 0.467 e. The summed E-state index contributed by atoms with van der Waals surface area (Å²) in [5.74, 6) is 0.0795. The van der Waals surface area contributed by atoms with Gasteiger partial charge < -0.3 is 19.2 Å². The molecule has 1 amide bonds. The van der Waals surface area contributed by atoms with Crippen LogP contribution in [0.2, 0.25) is 5.02 Å². The van der Waals surface area contributed by atoms with Crippen LogP contribution in [0.4, 0.5) is 4.79 Å². The fourth-order valence-corrected chi connectivity index (χ4v) is 2.55. The van der Waals surface area contributed by atoms with Crippen molar-refractivity contribution in [3.63, 3.8) is 0 Å². The number of halogens is 1. The first-order valence-corrected chi connectivity index (χ1v) is 8.63. The van der Waals surface area contributed by atoms with E-state index in [2.05, 4.69) is 15.5 Å². The van der Waals surface area contributed by atoms with Crippen LogP contribution in [0.15, 0.2) is 22.6 Å². The van der Waals surface area contributed by atoms with Crippen molar-refractivity contribution in [2.24, 2.45) is 0 Å². The van der Waals surface area contributed by atoms with Crippen LogP contribution in [-0.4, -0.2) is 41.0 Å². The molecule has 2 rings (SSSR count). The lowest BCUT2D eigenvalue weighted by molar-refractivity contribution is -0.143. The maximum Gasteiger partial charge on any atom is 0.408 e. The topological polar surface area (TPSA) is 104 Å². The van der Waals surface area contributed by atoms with Gasteiger partial charge in [-0.2, -0.15) is 0 Å². The fourth-order valence-electron chi connectivity index (χ4n) is 2.35. The van der Waals surface area contributed by atoms with E-state index in [4.69, 9.17) is 25.5 Å². The molecular weight excluding hydrogens is 374 g/mol. The first kappa shape index (κ1) is 20.7. The third-order valence-electron chi connectivity index (χ3n) is 3.42. The Morgan fingerprint density at radius 2 is 2.00 bits per heavy atom. The SMILES string of the molecule is COC(=O)[C@H](Cc1cc(Cl)ccc1-c1nnc(C)o1)NC(=O)OC(C)(C)C. The predicted octanol–water partition coefficient (Wildman–Crippen LogP) is 3.31. The second-order valence-electron chi connectivity index (χ2n) is 6.85. The molecule has 0 radical (unpaired) electrons. The highest BCUT2D eigenvalue weighted by Crippen LogP contribution is 2.27. The number of alkyl carbamates (subject to hydrolysis) is 1. The first-order valence-electron chi connectivity index (χ1n) is 8.25. The third-order valence-corrected chi connectivity index (χ3v) is 3.66. The number of carbonyl (C=O) groups excluding carboxylic acids is 2. The Balaban J connectivity index is 2.30. The van der Waals surface area contributed by atoms with E-state index in [-0.39, 0.29) is 6.42 Å². The van der Waals surface area contributed by atoms with Crippen LogP contribution in [0.1, 0.15) is 32.2 Å². The molecule has 1 heterocycles. The lowest BCUT2D eigenvalue weighted by Gasteiger charge is -2.23. The van der Waals surface area contributed by atoms with Crippen LogP contribution in [-0.2, 0) is 20.7 Å². The smallest absolute Gasteiger partial charge is 0.408 e. The number of nitrogens with one attached hydrogen (secondary N) is 1. The van der Waals surface area contributed by atoms with E-state index in [0.29, 0.717) is 27.9 Å². The Morgan fingerprint density at radius 1 is 1.30 bits per heavy atom. The number of benzene rings is 1. The van der Waals surface area contributed by atoms with E-state index in [1.165, 1.54) is 7.11 Å². The zero-order valence-corrected chi connectivity index (χ0v) is 16.6. The average molecular weight is 396 g/mol. The molecule has 9 heteroatoms. The molecule has 1 N–H and O–H groups in total. The van der Waals surface area contributed by atoms with E-state index in [0.717, 1.165) is 0 Å². The highest BCUT2D eigenvalue weighted by molar-refractivity contribution is 6.30. The van der Waals surface area contributed by atoms with E-state index in [1.54, 1.807) is 45.9 Å². The van der Waals surface area contributed by atoms with Gasteiger partial charge in [-0.15, -0.1) is 10.2 Å². The van der Waals surface area contributed by atoms with Crippen LogP contribution in [0.25, 0.3) is 11.5 Å². The number of amides is 1. The molecule has 0 fully saturated rings. The van der Waals surface area contributed by atoms with Crippen molar-refractivity contribution in [1.29, 1.82) is 0 Å². The Labute approximate surface area is 162 Å². The Hall–Kier alpha value is -2.61. The van der Waals surface area contributed by atoms with Gasteiger partial charge >= 0.3 is 12.1 Å². The summed E-state index contributed by atoms with van der Waals surface area (Å²) in [6.45, 7) is 6.86. The van der Waals surface area contributed by atoms with E-state index in [9.17, 15) is 9.59 Å². The van der Waals surface area contributed by atoms with Crippen molar-refractivity contribution < 1.29 is 23.5 Å². The summed E-state index contributed by atoms with van der Waals surface area (Å²) in [5.41, 5.74) is 0.547. The van der Waals surface area contributed by atoms with Gasteiger partial charge in [0.05, 0.1) is 7.11 Å². The number of aromatic nitrogens is 2. The highest BCUT2D eigenvalue weighted by atomic mass is 35.5. The molecule has 1 atom stereocenters. The molecule has 8 nitrogen and oxygen atoms in total. The van der Waals surface area contributed by atoms with E-state index >= 15 is 0 Å². The minimum atomic E-state index is -0.980. The fraction of sp³-hybridized carbons (Fsp3) is 0.444. The molecule has 0 aliphatic carbocycles. The maximum absolute atomic E-state index is 12.2. The molecule has 0 saturated carbocycles. The predicted molar refractivity (Wildman–Crippen MR) is 98.4 cm³/mol. The maximum atomic E-state index is 12.2. The lowest BCUT2D eigenvalue weighted by atomic mass is 10.00. The van der Waals surface area contributed by atoms with E-state index in [1.807, 2.05) is 0 Å². The van der Waals surface area contributed by atoms with Gasteiger partial charge in [0.1, 0.15) is 11.6 Å². The summed E-state index contributed by atoms with van der Waals surface area (Å²) in [6, 6.07) is 4.08. The number of methoxy groups -OCH3 is 1. The first-order chi connectivity index (χ1) is 12.6. The molecule has 1 aromatic heterocycles. The number of rotatable bonds is 5. The van der Waals surface area contributed by atoms with Crippen molar-refractivity contribution in [1.82, 2.24) is 15.5 Å². The number of hydrogen-bond donors (Lipinski definition) is 1. The second-order valence-corrected chi connectivity index (χ2v) is 7.29. The van der Waals surface area contributed by atoms with Crippen LogP contribution in [0.3, 0.4) is 0 Å². The molecule has 27 heavy (non-hydrogen) atoms. The minimum Gasteiger partial charge on any atom is -0.467 e. The number of nitrogens with zero attached hydrogens (tertiary/aromatic N) is 2. The van der Waals surface area contributed by atoms with Crippen LogP contribution in [0.5, 0.6) is 0 Å². The van der Waals surface area contributed by atoms with Gasteiger partial charge in [0, 0.05) is 23.9 Å². The van der Waals surface area contributed by atoms with Crippen LogP contribution in [0, 0.1) is 6.92 Å². The van der Waals surface area contributed by atoms with Crippen molar-refractivity contribution >= 4 is 23.7 Å². The summed E-state index contributed by atoms with van der Waals surface area (Å²) in [6.07, 6.45) is -0.626.